The Morgan fingerprint density at radius 1 is 0.731 bits per heavy atom. The minimum Gasteiger partial charge on any atom is -0.493 e. The molecular weight excluding hydrogens is 641 g/mol. The highest BCUT2D eigenvalue weighted by Gasteiger charge is 2.50. The quantitative estimate of drug-likeness (QED) is 0.130. The van der Waals surface area contributed by atoms with Crippen LogP contribution in [0, 0.1) is 0 Å². The van der Waals surface area contributed by atoms with Crippen molar-refractivity contribution in [2.24, 2.45) is 0 Å². The van der Waals surface area contributed by atoms with E-state index in [0.717, 1.165) is 56.1 Å². The zero-order valence-corrected chi connectivity index (χ0v) is 30.0. The average molecular weight is 689 g/mol. The Balaban J connectivity index is 1.27. The highest BCUT2D eigenvalue weighted by atomic mass is 16.5. The fourth-order valence-corrected chi connectivity index (χ4v) is 8.79. The van der Waals surface area contributed by atoms with E-state index >= 15 is 0 Å². The molecule has 6 heteroatoms. The van der Waals surface area contributed by atoms with Crippen LogP contribution in [0.1, 0.15) is 59.7 Å². The Labute approximate surface area is 308 Å². The first-order chi connectivity index (χ1) is 25.7. The van der Waals surface area contributed by atoms with Gasteiger partial charge in [-0.25, -0.2) is 4.98 Å². The van der Waals surface area contributed by atoms with E-state index in [0.29, 0.717) is 0 Å². The van der Waals surface area contributed by atoms with Gasteiger partial charge in [-0.1, -0.05) is 121 Å². The monoisotopic (exact) mass is 688 g/mol. The maximum absolute atomic E-state index is 6.58. The van der Waals surface area contributed by atoms with Gasteiger partial charge in [0.2, 0.25) is 0 Å². The van der Waals surface area contributed by atoms with Gasteiger partial charge >= 0.3 is 0 Å². The fourth-order valence-electron chi connectivity index (χ4n) is 8.79. The second kappa shape index (κ2) is 15.5. The minimum atomic E-state index is -0.571. The SMILES string of the molecule is COc1ccc(N2CCN(C(c3c[nH]cn3)C(c3ccccc3)(c3ccccc3)c3ccccc3)C(Cc3ccccc3)C2)cc1OC1CCCC1. The summed E-state index contributed by atoms with van der Waals surface area (Å²) < 4.78 is 12.4. The summed E-state index contributed by atoms with van der Waals surface area (Å²) in [5.74, 6) is 1.65. The van der Waals surface area contributed by atoms with Gasteiger partial charge in [-0.3, -0.25) is 4.90 Å². The topological polar surface area (TPSA) is 53.6 Å². The van der Waals surface area contributed by atoms with Gasteiger partial charge in [0.15, 0.2) is 11.5 Å². The van der Waals surface area contributed by atoms with Gasteiger partial charge in [0.25, 0.3) is 0 Å². The number of hydrogen-bond donors (Lipinski definition) is 1. The lowest BCUT2D eigenvalue weighted by Gasteiger charge is -2.52. The van der Waals surface area contributed by atoms with Gasteiger partial charge in [0.05, 0.1) is 36.7 Å². The fraction of sp³-hybridized carbons (Fsp3) is 0.283. The molecule has 1 saturated carbocycles. The lowest BCUT2D eigenvalue weighted by atomic mass is 9.63. The van der Waals surface area contributed by atoms with Crippen LogP contribution in [0.25, 0.3) is 0 Å². The number of nitrogens with one attached hydrogen (secondary N) is 1. The van der Waals surface area contributed by atoms with Crippen molar-refractivity contribution >= 4 is 5.69 Å². The number of nitrogens with zero attached hydrogens (tertiary/aromatic N) is 3. The van der Waals surface area contributed by atoms with Gasteiger partial charge in [0, 0.05) is 43.6 Å². The Kier molecular flexibility index (Phi) is 10.1. The second-order valence-electron chi connectivity index (χ2n) is 14.2. The van der Waals surface area contributed by atoms with Crippen LogP contribution in [0.15, 0.2) is 152 Å². The maximum Gasteiger partial charge on any atom is 0.163 e. The Morgan fingerprint density at radius 2 is 1.33 bits per heavy atom. The lowest BCUT2D eigenvalue weighted by molar-refractivity contribution is 0.0831. The molecule has 2 unspecified atom stereocenters. The molecule has 6 aromatic rings. The normalized spacial score (nSPS) is 17.6. The van der Waals surface area contributed by atoms with Crippen molar-refractivity contribution in [1.29, 1.82) is 0 Å². The predicted molar refractivity (Wildman–Crippen MR) is 209 cm³/mol. The van der Waals surface area contributed by atoms with E-state index in [1.165, 1.54) is 40.8 Å². The second-order valence-corrected chi connectivity index (χ2v) is 14.2. The van der Waals surface area contributed by atoms with E-state index in [-0.39, 0.29) is 18.2 Å². The molecule has 1 aromatic heterocycles. The maximum atomic E-state index is 6.58. The number of methoxy groups -OCH3 is 1. The number of aromatic nitrogens is 2. The molecule has 52 heavy (non-hydrogen) atoms. The average Bonchev–Trinajstić information content (AvgIpc) is 3.94. The molecule has 0 amide bonds. The smallest absolute Gasteiger partial charge is 0.163 e. The Bertz CT molecular complexity index is 1880. The van der Waals surface area contributed by atoms with Crippen LogP contribution in [0.5, 0.6) is 11.5 Å². The van der Waals surface area contributed by atoms with E-state index in [1.807, 2.05) is 6.33 Å². The molecule has 2 aliphatic rings. The molecule has 6 nitrogen and oxygen atoms in total. The summed E-state index contributed by atoms with van der Waals surface area (Å²) in [6.45, 7) is 2.55. The van der Waals surface area contributed by atoms with Crippen LogP contribution in [0.3, 0.4) is 0 Å². The molecule has 1 saturated heterocycles. The number of aromatic amines is 1. The van der Waals surface area contributed by atoms with Crippen LogP contribution in [-0.4, -0.2) is 53.8 Å². The van der Waals surface area contributed by atoms with Gasteiger partial charge < -0.3 is 19.4 Å². The summed E-state index contributed by atoms with van der Waals surface area (Å²) in [5, 5.41) is 0. The molecule has 2 heterocycles. The zero-order valence-electron chi connectivity index (χ0n) is 30.0. The van der Waals surface area contributed by atoms with Gasteiger partial charge in [-0.2, -0.15) is 0 Å². The number of benzene rings is 5. The number of H-pyrrole nitrogens is 1. The van der Waals surface area contributed by atoms with E-state index in [2.05, 4.69) is 161 Å². The van der Waals surface area contributed by atoms with Gasteiger partial charge in [-0.05, 0) is 66.5 Å². The standard InChI is InChI=1S/C46H48N4O2/c1-51-43-27-26-39(31-44(43)52-41-24-14-15-25-41)49-28-29-50(40(33-49)30-35-16-6-2-7-17-35)45(42-32-47-34-48-42)46(36-18-8-3-9-19-36,37-20-10-4-11-21-37)38-22-12-5-13-23-38/h2-13,16-23,26-27,31-32,34,40-41,45H,14-15,24-25,28-30,33H2,1H3,(H,47,48). The molecule has 5 aromatic carbocycles. The van der Waals surface area contributed by atoms with E-state index in [9.17, 15) is 0 Å². The molecule has 264 valence electrons. The van der Waals surface area contributed by atoms with E-state index in [4.69, 9.17) is 14.5 Å². The summed E-state index contributed by atoms with van der Waals surface area (Å²) in [5.41, 5.74) is 6.67. The zero-order chi connectivity index (χ0) is 35.2. The van der Waals surface area contributed by atoms with Crippen molar-refractivity contribution in [3.05, 3.63) is 180 Å². The molecule has 0 spiro atoms. The molecule has 2 atom stereocenters. The van der Waals surface area contributed by atoms with Crippen molar-refractivity contribution in [2.45, 2.75) is 55.7 Å². The third kappa shape index (κ3) is 6.71. The Hall–Kier alpha value is -5.33. The van der Waals surface area contributed by atoms with Gasteiger partial charge in [-0.15, -0.1) is 0 Å². The molecule has 1 N–H and O–H groups in total. The number of piperazine rings is 1. The van der Waals surface area contributed by atoms with E-state index < -0.39 is 5.41 Å². The molecule has 0 bridgehead atoms. The van der Waals surface area contributed by atoms with Crippen molar-refractivity contribution in [3.63, 3.8) is 0 Å². The van der Waals surface area contributed by atoms with Crippen LogP contribution < -0.4 is 14.4 Å². The summed E-state index contributed by atoms with van der Waals surface area (Å²) in [7, 11) is 1.73. The van der Waals surface area contributed by atoms with E-state index in [1.54, 1.807) is 7.11 Å². The van der Waals surface area contributed by atoms with Crippen LogP contribution in [0.4, 0.5) is 5.69 Å². The van der Waals surface area contributed by atoms with Crippen LogP contribution in [-0.2, 0) is 11.8 Å². The molecule has 1 aliphatic heterocycles. The highest BCUT2D eigenvalue weighted by molar-refractivity contribution is 5.58. The summed E-state index contributed by atoms with van der Waals surface area (Å²) >= 11 is 0. The minimum absolute atomic E-state index is 0.126. The largest absolute Gasteiger partial charge is 0.493 e. The third-order valence-corrected chi connectivity index (χ3v) is 11.2. The first kappa shape index (κ1) is 33.8. The Morgan fingerprint density at radius 3 is 1.88 bits per heavy atom. The van der Waals surface area contributed by atoms with Gasteiger partial charge in [0.1, 0.15) is 0 Å². The predicted octanol–water partition coefficient (Wildman–Crippen LogP) is 9.25. The summed E-state index contributed by atoms with van der Waals surface area (Å²) in [4.78, 5) is 13.7. The summed E-state index contributed by atoms with van der Waals surface area (Å²) in [6, 6.07) is 50.6. The number of rotatable bonds is 12. The highest BCUT2D eigenvalue weighted by Crippen LogP contribution is 2.52. The van der Waals surface area contributed by atoms with Crippen LogP contribution >= 0.6 is 0 Å². The first-order valence-corrected chi connectivity index (χ1v) is 18.8. The molecule has 1 aliphatic carbocycles. The molecular formula is C46H48N4O2. The lowest BCUT2D eigenvalue weighted by Crippen LogP contribution is -2.59. The third-order valence-electron chi connectivity index (χ3n) is 11.2. The number of anilines is 1. The molecule has 2 fully saturated rings. The number of imidazole rings is 1. The van der Waals surface area contributed by atoms with Crippen LogP contribution in [0.2, 0.25) is 0 Å². The summed E-state index contributed by atoms with van der Waals surface area (Å²) in [6.07, 6.45) is 9.75. The molecule has 0 radical (unpaired) electrons. The van der Waals surface area contributed by atoms with Crippen molar-refractivity contribution in [3.8, 4) is 11.5 Å². The molecule has 8 rings (SSSR count). The first-order valence-electron chi connectivity index (χ1n) is 18.8. The van der Waals surface area contributed by atoms with Crippen molar-refractivity contribution in [1.82, 2.24) is 14.9 Å². The number of ether oxygens (including phenoxy) is 2. The van der Waals surface area contributed by atoms with Crippen molar-refractivity contribution < 1.29 is 9.47 Å². The van der Waals surface area contributed by atoms with Crippen molar-refractivity contribution in [2.75, 3.05) is 31.6 Å². The number of hydrogen-bond acceptors (Lipinski definition) is 5.